The van der Waals surface area contributed by atoms with E-state index in [1.165, 1.54) is 12.1 Å². The van der Waals surface area contributed by atoms with E-state index in [1.807, 2.05) is 6.07 Å². The average molecular weight is 385 g/mol. The minimum Gasteiger partial charge on any atom is -0.350 e. The van der Waals surface area contributed by atoms with Crippen LogP contribution in [0.2, 0.25) is 5.02 Å². The number of pyridine rings is 2. The summed E-state index contributed by atoms with van der Waals surface area (Å²) in [5, 5.41) is 6.09. The number of halogens is 2. The molecule has 1 unspecified atom stereocenters. The highest BCUT2D eigenvalue weighted by atomic mass is 35.5. The average Bonchev–Trinajstić information content (AvgIpc) is 2.70. The van der Waals surface area contributed by atoms with Gasteiger partial charge in [-0.15, -0.1) is 0 Å². The Labute approximate surface area is 161 Å². The van der Waals surface area contributed by atoms with Gasteiger partial charge >= 0.3 is 0 Å². The Bertz CT molecular complexity index is 873. The van der Waals surface area contributed by atoms with Crippen LogP contribution in [0.25, 0.3) is 0 Å². The third-order valence-corrected chi connectivity index (χ3v) is 4.33. The normalized spacial score (nSPS) is 11.8. The summed E-state index contributed by atoms with van der Waals surface area (Å²) in [7, 11) is 0. The fourth-order valence-electron chi connectivity index (χ4n) is 2.63. The molecule has 3 rings (SSSR count). The van der Waals surface area contributed by atoms with Crippen LogP contribution in [0, 0.1) is 5.82 Å². The Morgan fingerprint density at radius 3 is 2.52 bits per heavy atom. The SMILES string of the molecule is O=C(NCc1ccncc1)C(NCc1cccnc1)c1c(F)cccc1Cl. The topological polar surface area (TPSA) is 66.9 Å². The van der Waals surface area contributed by atoms with Gasteiger partial charge in [0.25, 0.3) is 0 Å². The van der Waals surface area contributed by atoms with Crippen molar-refractivity contribution in [2.24, 2.45) is 0 Å². The Morgan fingerprint density at radius 2 is 1.81 bits per heavy atom. The van der Waals surface area contributed by atoms with Gasteiger partial charge in [0.1, 0.15) is 11.9 Å². The first-order valence-corrected chi connectivity index (χ1v) is 8.76. The Morgan fingerprint density at radius 1 is 1.00 bits per heavy atom. The summed E-state index contributed by atoms with van der Waals surface area (Å²) in [5.74, 6) is -0.909. The van der Waals surface area contributed by atoms with E-state index in [0.29, 0.717) is 13.1 Å². The number of nitrogens with one attached hydrogen (secondary N) is 2. The van der Waals surface area contributed by atoms with Crippen molar-refractivity contribution in [1.82, 2.24) is 20.6 Å². The molecule has 1 atom stereocenters. The maximum Gasteiger partial charge on any atom is 0.242 e. The zero-order chi connectivity index (χ0) is 19.1. The van der Waals surface area contributed by atoms with Gasteiger partial charge in [0.05, 0.1) is 0 Å². The van der Waals surface area contributed by atoms with Crippen molar-refractivity contribution in [2.45, 2.75) is 19.1 Å². The number of hydrogen-bond acceptors (Lipinski definition) is 4. The first-order valence-electron chi connectivity index (χ1n) is 8.38. The molecule has 0 saturated heterocycles. The molecule has 0 aliphatic carbocycles. The van der Waals surface area contributed by atoms with E-state index >= 15 is 0 Å². The van der Waals surface area contributed by atoms with Crippen LogP contribution in [-0.2, 0) is 17.9 Å². The molecule has 1 aromatic carbocycles. The molecule has 0 aliphatic heterocycles. The van der Waals surface area contributed by atoms with Crippen LogP contribution in [0.1, 0.15) is 22.7 Å². The molecule has 0 spiro atoms. The maximum absolute atomic E-state index is 14.4. The van der Waals surface area contributed by atoms with Crippen LogP contribution in [0.4, 0.5) is 4.39 Å². The number of benzene rings is 1. The Balaban J connectivity index is 1.79. The van der Waals surface area contributed by atoms with E-state index in [-0.39, 0.29) is 16.5 Å². The lowest BCUT2D eigenvalue weighted by atomic mass is 10.0. The van der Waals surface area contributed by atoms with Crippen molar-refractivity contribution >= 4 is 17.5 Å². The van der Waals surface area contributed by atoms with Crippen molar-refractivity contribution in [1.29, 1.82) is 0 Å². The largest absolute Gasteiger partial charge is 0.350 e. The molecular weight excluding hydrogens is 367 g/mol. The number of carbonyl (C=O) groups is 1. The third kappa shape index (κ3) is 5.09. The van der Waals surface area contributed by atoms with Crippen LogP contribution in [0.5, 0.6) is 0 Å². The van der Waals surface area contributed by atoms with E-state index in [9.17, 15) is 9.18 Å². The minimum atomic E-state index is -0.944. The molecule has 138 valence electrons. The fourth-order valence-corrected chi connectivity index (χ4v) is 2.90. The first kappa shape index (κ1) is 18.9. The standard InChI is InChI=1S/C20H18ClFN4O/c21-16-4-1-5-17(22)18(16)19(25-13-15-3-2-8-24-11-15)20(27)26-12-14-6-9-23-10-7-14/h1-11,19,25H,12-13H2,(H,26,27). The van der Waals surface area contributed by atoms with Crippen LogP contribution in [0.15, 0.2) is 67.3 Å². The van der Waals surface area contributed by atoms with Crippen molar-refractivity contribution in [2.75, 3.05) is 0 Å². The summed E-state index contributed by atoms with van der Waals surface area (Å²) < 4.78 is 14.4. The number of hydrogen-bond donors (Lipinski definition) is 2. The van der Waals surface area contributed by atoms with E-state index in [2.05, 4.69) is 20.6 Å². The molecule has 2 aromatic heterocycles. The van der Waals surface area contributed by atoms with Gasteiger partial charge in [0, 0.05) is 48.5 Å². The summed E-state index contributed by atoms with van der Waals surface area (Å²) in [6.07, 6.45) is 6.64. The smallest absolute Gasteiger partial charge is 0.242 e. The number of nitrogens with zero attached hydrogens (tertiary/aromatic N) is 2. The second kappa shape index (κ2) is 9.21. The third-order valence-electron chi connectivity index (χ3n) is 4.00. The van der Waals surface area contributed by atoms with Gasteiger partial charge < -0.3 is 5.32 Å². The van der Waals surface area contributed by atoms with Gasteiger partial charge in [0.2, 0.25) is 5.91 Å². The molecule has 27 heavy (non-hydrogen) atoms. The molecule has 0 fully saturated rings. The predicted molar refractivity (Wildman–Crippen MR) is 101 cm³/mol. The van der Waals surface area contributed by atoms with Gasteiger partial charge in [-0.3, -0.25) is 20.1 Å². The lowest BCUT2D eigenvalue weighted by Crippen LogP contribution is -2.37. The Hall–Kier alpha value is -2.83. The molecule has 7 heteroatoms. The highest BCUT2D eigenvalue weighted by molar-refractivity contribution is 6.31. The molecule has 0 radical (unpaired) electrons. The number of rotatable bonds is 7. The predicted octanol–water partition coefficient (Wildman–Crippen LogP) is 3.42. The molecule has 0 saturated carbocycles. The van der Waals surface area contributed by atoms with Crippen molar-refractivity contribution < 1.29 is 9.18 Å². The molecule has 2 N–H and O–H groups in total. The molecule has 5 nitrogen and oxygen atoms in total. The zero-order valence-corrected chi connectivity index (χ0v) is 15.2. The van der Waals surface area contributed by atoms with Crippen LogP contribution < -0.4 is 10.6 Å². The van der Waals surface area contributed by atoms with Gasteiger partial charge in [0.15, 0.2) is 0 Å². The quantitative estimate of drug-likeness (QED) is 0.655. The first-order chi connectivity index (χ1) is 13.1. The molecule has 0 bridgehead atoms. The second-order valence-corrected chi connectivity index (χ2v) is 6.29. The highest BCUT2D eigenvalue weighted by Crippen LogP contribution is 2.26. The molecule has 1 amide bonds. The minimum absolute atomic E-state index is 0.121. The van der Waals surface area contributed by atoms with E-state index in [0.717, 1.165) is 11.1 Å². The molecule has 3 aromatic rings. The Kier molecular flexibility index (Phi) is 6.46. The van der Waals surface area contributed by atoms with Crippen LogP contribution in [-0.4, -0.2) is 15.9 Å². The molecule has 0 aliphatic rings. The van der Waals surface area contributed by atoms with Crippen molar-refractivity contribution in [3.05, 3.63) is 94.8 Å². The summed E-state index contributed by atoms with van der Waals surface area (Å²) in [4.78, 5) is 20.8. The summed E-state index contributed by atoms with van der Waals surface area (Å²) >= 11 is 6.19. The lowest BCUT2D eigenvalue weighted by Gasteiger charge is -2.20. The summed E-state index contributed by atoms with van der Waals surface area (Å²) in [5.41, 5.74) is 1.89. The van der Waals surface area contributed by atoms with Crippen molar-refractivity contribution in [3.63, 3.8) is 0 Å². The summed E-state index contributed by atoms with van der Waals surface area (Å²) in [6, 6.07) is 10.7. The number of carbonyl (C=O) groups excluding carboxylic acids is 1. The summed E-state index contributed by atoms with van der Waals surface area (Å²) in [6.45, 7) is 0.643. The fraction of sp³-hybridized carbons (Fsp3) is 0.150. The van der Waals surface area contributed by atoms with E-state index in [4.69, 9.17) is 11.6 Å². The van der Waals surface area contributed by atoms with Gasteiger partial charge in [-0.25, -0.2) is 4.39 Å². The lowest BCUT2D eigenvalue weighted by molar-refractivity contribution is -0.123. The number of aromatic nitrogens is 2. The van der Waals surface area contributed by atoms with Gasteiger partial charge in [-0.1, -0.05) is 23.7 Å². The van der Waals surface area contributed by atoms with Crippen molar-refractivity contribution in [3.8, 4) is 0 Å². The van der Waals surface area contributed by atoms with E-state index < -0.39 is 11.9 Å². The second-order valence-electron chi connectivity index (χ2n) is 5.88. The highest BCUT2D eigenvalue weighted by Gasteiger charge is 2.25. The molecule has 2 heterocycles. The zero-order valence-electron chi connectivity index (χ0n) is 14.4. The maximum atomic E-state index is 14.4. The monoisotopic (exact) mass is 384 g/mol. The number of amides is 1. The van der Waals surface area contributed by atoms with Crippen LogP contribution >= 0.6 is 11.6 Å². The van der Waals surface area contributed by atoms with Crippen LogP contribution in [0.3, 0.4) is 0 Å². The van der Waals surface area contributed by atoms with E-state index in [1.54, 1.807) is 49.1 Å². The molecular formula is C20H18ClFN4O. The van der Waals surface area contributed by atoms with Gasteiger partial charge in [-0.2, -0.15) is 0 Å². The van der Waals surface area contributed by atoms with Gasteiger partial charge in [-0.05, 0) is 41.5 Å².